The SMILES string of the molecule is Cc1nnc(-c2cc(C=O)c(N3C[C@H](C)C[C@H](C)C3)nc2F)s1. The molecule has 1 aliphatic heterocycles. The largest absolute Gasteiger partial charge is 0.355 e. The summed E-state index contributed by atoms with van der Waals surface area (Å²) in [4.78, 5) is 17.6. The van der Waals surface area contributed by atoms with Gasteiger partial charge in [-0.3, -0.25) is 4.79 Å². The number of aromatic nitrogens is 3. The number of halogens is 1. The average molecular weight is 334 g/mol. The molecule has 2 aromatic heterocycles. The number of anilines is 1. The number of piperidine rings is 1. The van der Waals surface area contributed by atoms with Crippen LogP contribution in [0.2, 0.25) is 0 Å². The van der Waals surface area contributed by atoms with Crippen LogP contribution in [0.15, 0.2) is 6.07 Å². The highest BCUT2D eigenvalue weighted by molar-refractivity contribution is 7.14. The Morgan fingerprint density at radius 2 is 2.00 bits per heavy atom. The van der Waals surface area contributed by atoms with E-state index in [-0.39, 0.29) is 5.56 Å². The van der Waals surface area contributed by atoms with Crippen molar-refractivity contribution >= 4 is 23.4 Å². The van der Waals surface area contributed by atoms with Gasteiger partial charge < -0.3 is 4.90 Å². The molecule has 0 radical (unpaired) electrons. The number of nitrogens with zero attached hydrogens (tertiary/aromatic N) is 4. The second kappa shape index (κ2) is 6.31. The van der Waals surface area contributed by atoms with Crippen LogP contribution in [0, 0.1) is 24.7 Å². The van der Waals surface area contributed by atoms with Gasteiger partial charge in [-0.05, 0) is 31.2 Å². The van der Waals surface area contributed by atoms with Crippen LogP contribution in [-0.2, 0) is 0 Å². The molecule has 2 atom stereocenters. The number of rotatable bonds is 3. The molecule has 2 aromatic rings. The molecule has 3 heterocycles. The van der Waals surface area contributed by atoms with E-state index in [9.17, 15) is 9.18 Å². The first-order valence-electron chi connectivity index (χ1n) is 7.69. The number of hydrogen-bond acceptors (Lipinski definition) is 6. The van der Waals surface area contributed by atoms with Crippen molar-refractivity contribution in [1.29, 1.82) is 0 Å². The summed E-state index contributed by atoms with van der Waals surface area (Å²) in [6, 6.07) is 1.54. The fraction of sp³-hybridized carbons (Fsp3) is 0.500. The van der Waals surface area contributed by atoms with Gasteiger partial charge in [0.25, 0.3) is 0 Å². The normalized spacial score (nSPS) is 21.5. The summed E-state index contributed by atoms with van der Waals surface area (Å²) < 4.78 is 14.5. The monoisotopic (exact) mass is 334 g/mol. The molecule has 122 valence electrons. The van der Waals surface area contributed by atoms with Crippen LogP contribution in [0.25, 0.3) is 10.6 Å². The quantitative estimate of drug-likeness (QED) is 0.636. The van der Waals surface area contributed by atoms with E-state index in [0.717, 1.165) is 30.8 Å². The van der Waals surface area contributed by atoms with E-state index in [0.29, 0.717) is 28.2 Å². The molecule has 5 nitrogen and oxygen atoms in total. The number of carbonyl (C=O) groups is 1. The molecule has 1 saturated heterocycles. The Kier molecular flexibility index (Phi) is 4.39. The zero-order valence-electron chi connectivity index (χ0n) is 13.4. The summed E-state index contributed by atoms with van der Waals surface area (Å²) in [7, 11) is 0. The third-order valence-corrected chi connectivity index (χ3v) is 4.91. The van der Waals surface area contributed by atoms with Crippen molar-refractivity contribution in [2.45, 2.75) is 27.2 Å². The molecular weight excluding hydrogens is 315 g/mol. The highest BCUT2D eigenvalue weighted by Gasteiger charge is 2.26. The number of aryl methyl sites for hydroxylation is 1. The number of pyridine rings is 1. The molecule has 0 N–H and O–H groups in total. The van der Waals surface area contributed by atoms with Crippen molar-refractivity contribution in [2.24, 2.45) is 11.8 Å². The van der Waals surface area contributed by atoms with E-state index in [1.54, 1.807) is 6.92 Å². The smallest absolute Gasteiger partial charge is 0.225 e. The van der Waals surface area contributed by atoms with Crippen molar-refractivity contribution in [3.8, 4) is 10.6 Å². The lowest BCUT2D eigenvalue weighted by atomic mass is 9.91. The van der Waals surface area contributed by atoms with E-state index in [2.05, 4.69) is 29.0 Å². The zero-order chi connectivity index (χ0) is 16.6. The van der Waals surface area contributed by atoms with Crippen LogP contribution < -0.4 is 4.90 Å². The summed E-state index contributed by atoms with van der Waals surface area (Å²) in [6.45, 7) is 7.71. The lowest BCUT2D eigenvalue weighted by Crippen LogP contribution is -2.39. The minimum Gasteiger partial charge on any atom is -0.355 e. The highest BCUT2D eigenvalue weighted by Crippen LogP contribution is 2.32. The molecule has 0 bridgehead atoms. The average Bonchev–Trinajstić information content (AvgIpc) is 2.92. The lowest BCUT2D eigenvalue weighted by molar-refractivity contribution is 0.112. The van der Waals surface area contributed by atoms with E-state index < -0.39 is 5.95 Å². The molecule has 23 heavy (non-hydrogen) atoms. The molecule has 0 spiro atoms. The maximum absolute atomic E-state index is 14.5. The van der Waals surface area contributed by atoms with Crippen molar-refractivity contribution in [3.05, 3.63) is 22.6 Å². The fourth-order valence-electron chi connectivity index (χ4n) is 3.23. The Labute approximate surface area is 138 Å². The molecule has 1 aliphatic rings. The summed E-state index contributed by atoms with van der Waals surface area (Å²) in [5.41, 5.74) is 0.634. The van der Waals surface area contributed by atoms with Crippen LogP contribution in [-0.4, -0.2) is 34.6 Å². The first-order chi connectivity index (χ1) is 11.0. The number of hydrogen-bond donors (Lipinski definition) is 0. The van der Waals surface area contributed by atoms with E-state index >= 15 is 0 Å². The maximum atomic E-state index is 14.5. The Bertz CT molecular complexity index is 723. The molecular formula is C16H19FN4OS. The van der Waals surface area contributed by atoms with Gasteiger partial charge in [0.05, 0.1) is 11.1 Å². The summed E-state index contributed by atoms with van der Waals surface area (Å²) in [6.07, 6.45) is 1.88. The van der Waals surface area contributed by atoms with E-state index in [4.69, 9.17) is 0 Å². The second-order valence-corrected chi connectivity index (χ2v) is 7.52. The topological polar surface area (TPSA) is 59.0 Å². The summed E-state index contributed by atoms with van der Waals surface area (Å²) in [5.74, 6) is 0.815. The molecule has 0 aliphatic carbocycles. The van der Waals surface area contributed by atoms with Gasteiger partial charge in [-0.15, -0.1) is 10.2 Å². The molecule has 7 heteroatoms. The third-order valence-electron chi connectivity index (χ3n) is 4.04. The predicted octanol–water partition coefficient (Wildman–Crippen LogP) is 3.34. The van der Waals surface area contributed by atoms with Gasteiger partial charge in [0, 0.05) is 13.1 Å². The third kappa shape index (κ3) is 3.24. The summed E-state index contributed by atoms with van der Waals surface area (Å²) in [5, 5.41) is 9.04. The Balaban J connectivity index is 2.02. The van der Waals surface area contributed by atoms with Crippen LogP contribution in [0.4, 0.5) is 10.2 Å². The van der Waals surface area contributed by atoms with E-state index in [1.165, 1.54) is 17.4 Å². The zero-order valence-corrected chi connectivity index (χ0v) is 14.2. The van der Waals surface area contributed by atoms with Gasteiger partial charge >= 0.3 is 0 Å². The van der Waals surface area contributed by atoms with Gasteiger partial charge in [-0.2, -0.15) is 4.39 Å². The van der Waals surface area contributed by atoms with E-state index in [1.807, 2.05) is 4.90 Å². The van der Waals surface area contributed by atoms with Gasteiger partial charge in [-0.1, -0.05) is 25.2 Å². The first kappa shape index (κ1) is 16.0. The second-order valence-electron chi connectivity index (χ2n) is 6.33. The molecule has 3 rings (SSSR count). The first-order valence-corrected chi connectivity index (χ1v) is 8.50. The van der Waals surface area contributed by atoms with Gasteiger partial charge in [0.2, 0.25) is 5.95 Å². The lowest BCUT2D eigenvalue weighted by Gasteiger charge is -2.36. The molecule has 0 saturated carbocycles. The van der Waals surface area contributed by atoms with Gasteiger partial charge in [0.15, 0.2) is 11.3 Å². The molecule has 1 fully saturated rings. The fourth-order valence-corrected chi connectivity index (χ4v) is 3.92. The predicted molar refractivity (Wildman–Crippen MR) is 88.4 cm³/mol. The highest BCUT2D eigenvalue weighted by atomic mass is 32.1. The molecule has 0 aromatic carbocycles. The van der Waals surface area contributed by atoms with Gasteiger partial charge in [0.1, 0.15) is 10.8 Å². The van der Waals surface area contributed by atoms with Crippen molar-refractivity contribution in [3.63, 3.8) is 0 Å². The van der Waals surface area contributed by atoms with Crippen LogP contribution >= 0.6 is 11.3 Å². The minimum absolute atomic E-state index is 0.236. The number of carbonyl (C=O) groups excluding carboxylic acids is 1. The van der Waals surface area contributed by atoms with Crippen molar-refractivity contribution in [2.75, 3.05) is 18.0 Å². The van der Waals surface area contributed by atoms with Crippen LogP contribution in [0.1, 0.15) is 35.6 Å². The number of aldehydes is 1. The Morgan fingerprint density at radius 1 is 1.30 bits per heavy atom. The summed E-state index contributed by atoms with van der Waals surface area (Å²) >= 11 is 1.28. The molecule has 0 amide bonds. The standard InChI is InChI=1S/C16H19FN4OS/c1-9-4-10(2)7-21(6-9)15-12(8-22)5-13(14(17)18-15)16-20-19-11(3)23-16/h5,8-10H,4,6-7H2,1-3H3/t9-,10+. The molecule has 0 unspecified atom stereocenters. The van der Waals surface area contributed by atoms with Crippen molar-refractivity contribution < 1.29 is 9.18 Å². The van der Waals surface area contributed by atoms with Gasteiger partial charge in [-0.25, -0.2) is 4.98 Å². The Morgan fingerprint density at radius 3 is 2.57 bits per heavy atom. The van der Waals surface area contributed by atoms with Crippen LogP contribution in [0.3, 0.4) is 0 Å². The van der Waals surface area contributed by atoms with Crippen molar-refractivity contribution in [1.82, 2.24) is 15.2 Å². The Hall–Kier alpha value is -1.89. The minimum atomic E-state index is -0.604. The van der Waals surface area contributed by atoms with Crippen LogP contribution in [0.5, 0.6) is 0 Å². The maximum Gasteiger partial charge on any atom is 0.225 e.